The first-order valence-corrected chi connectivity index (χ1v) is 5.75. The molecule has 1 N–H and O–H groups in total. The van der Waals surface area contributed by atoms with Gasteiger partial charge in [0.15, 0.2) is 6.29 Å². The molecule has 0 aliphatic rings. The zero-order valence-electron chi connectivity index (χ0n) is 8.97. The van der Waals surface area contributed by atoms with Crippen LogP contribution in [0.25, 0.3) is 10.2 Å². The zero-order chi connectivity index (χ0) is 12.6. The normalized spacial score (nSPS) is 10.6. The number of carboxylic acids is 1. The van der Waals surface area contributed by atoms with Crippen molar-refractivity contribution >= 4 is 33.8 Å². The molecular formula is C11H9NO4S. The number of aldehydes is 1. The van der Waals surface area contributed by atoms with Crippen molar-refractivity contribution in [3.8, 4) is 0 Å². The summed E-state index contributed by atoms with van der Waals surface area (Å²) in [6, 6.07) is 1.44. The molecule has 88 valence electrons. The van der Waals surface area contributed by atoms with Crippen molar-refractivity contribution in [2.24, 2.45) is 0 Å². The number of aromatic nitrogens is 1. The largest absolute Gasteiger partial charge is 0.477 e. The van der Waals surface area contributed by atoms with E-state index in [0.29, 0.717) is 27.9 Å². The number of nitrogens with zero attached hydrogens (tertiary/aromatic N) is 1. The van der Waals surface area contributed by atoms with Crippen molar-refractivity contribution in [3.63, 3.8) is 0 Å². The van der Waals surface area contributed by atoms with E-state index in [9.17, 15) is 14.4 Å². The standard InChI is InChI=1S/C11H9NO4S/c1-2-12-4-8(11(15)16)9(14)7-3-6(5-13)17-10(7)12/h3-5H,2H2,1H3,(H,15,16). The van der Waals surface area contributed by atoms with E-state index in [1.54, 1.807) is 4.57 Å². The van der Waals surface area contributed by atoms with Gasteiger partial charge in [0.2, 0.25) is 5.43 Å². The Morgan fingerprint density at radius 3 is 2.82 bits per heavy atom. The number of thiophene rings is 1. The van der Waals surface area contributed by atoms with E-state index in [4.69, 9.17) is 5.11 Å². The summed E-state index contributed by atoms with van der Waals surface area (Å²) in [5.74, 6) is -1.25. The highest BCUT2D eigenvalue weighted by molar-refractivity contribution is 7.20. The third-order valence-corrected chi connectivity index (χ3v) is 3.55. The molecule has 0 amide bonds. The number of aromatic carboxylic acids is 1. The van der Waals surface area contributed by atoms with Gasteiger partial charge in [0, 0.05) is 12.7 Å². The molecule has 0 bridgehead atoms. The van der Waals surface area contributed by atoms with Gasteiger partial charge in [-0.15, -0.1) is 11.3 Å². The van der Waals surface area contributed by atoms with Gasteiger partial charge in [-0.1, -0.05) is 0 Å². The number of fused-ring (bicyclic) bond motifs is 1. The van der Waals surface area contributed by atoms with Crippen LogP contribution in [0.5, 0.6) is 0 Å². The molecule has 0 spiro atoms. The van der Waals surface area contributed by atoms with Crippen LogP contribution in [0.15, 0.2) is 17.1 Å². The number of pyridine rings is 1. The number of hydrogen-bond donors (Lipinski definition) is 1. The van der Waals surface area contributed by atoms with E-state index in [-0.39, 0.29) is 5.56 Å². The van der Waals surface area contributed by atoms with Gasteiger partial charge in [-0.3, -0.25) is 9.59 Å². The Labute approximate surface area is 99.9 Å². The van der Waals surface area contributed by atoms with E-state index in [1.807, 2.05) is 6.92 Å². The van der Waals surface area contributed by atoms with Crippen molar-refractivity contribution in [1.29, 1.82) is 0 Å². The predicted octanol–water partition coefficient (Wildman–Crippen LogP) is 1.59. The minimum Gasteiger partial charge on any atom is -0.477 e. The lowest BCUT2D eigenvalue weighted by Gasteiger charge is -2.05. The van der Waals surface area contributed by atoms with Crippen molar-refractivity contribution in [1.82, 2.24) is 4.57 Å². The molecule has 17 heavy (non-hydrogen) atoms. The van der Waals surface area contributed by atoms with Crippen LogP contribution in [-0.2, 0) is 6.54 Å². The highest BCUT2D eigenvalue weighted by Crippen LogP contribution is 2.22. The van der Waals surface area contributed by atoms with Gasteiger partial charge in [-0.25, -0.2) is 4.79 Å². The molecule has 2 rings (SSSR count). The molecule has 0 saturated heterocycles. The highest BCUT2D eigenvalue weighted by Gasteiger charge is 2.16. The van der Waals surface area contributed by atoms with E-state index >= 15 is 0 Å². The molecule has 0 radical (unpaired) electrons. The molecule has 2 aromatic heterocycles. The maximum atomic E-state index is 11.9. The molecular weight excluding hydrogens is 242 g/mol. The highest BCUT2D eigenvalue weighted by atomic mass is 32.1. The molecule has 0 fully saturated rings. The number of carbonyl (C=O) groups is 2. The Morgan fingerprint density at radius 1 is 1.59 bits per heavy atom. The van der Waals surface area contributed by atoms with Gasteiger partial charge < -0.3 is 9.67 Å². The second-order valence-corrected chi connectivity index (χ2v) is 4.51. The maximum Gasteiger partial charge on any atom is 0.341 e. The average Bonchev–Trinajstić information content (AvgIpc) is 2.74. The average molecular weight is 251 g/mol. The van der Waals surface area contributed by atoms with Gasteiger partial charge in [-0.05, 0) is 13.0 Å². The molecule has 0 aromatic carbocycles. The fourth-order valence-electron chi connectivity index (χ4n) is 1.64. The lowest BCUT2D eigenvalue weighted by atomic mass is 10.2. The molecule has 0 aliphatic carbocycles. The molecule has 0 atom stereocenters. The molecule has 0 saturated carbocycles. The van der Waals surface area contributed by atoms with Crippen molar-refractivity contribution in [2.45, 2.75) is 13.5 Å². The predicted molar refractivity (Wildman–Crippen MR) is 64.1 cm³/mol. The quantitative estimate of drug-likeness (QED) is 0.840. The van der Waals surface area contributed by atoms with Gasteiger partial charge in [0.05, 0.1) is 10.3 Å². The fraction of sp³-hybridized carbons (Fsp3) is 0.182. The summed E-state index contributed by atoms with van der Waals surface area (Å²) in [6.07, 6.45) is 1.97. The number of carbonyl (C=O) groups excluding carboxylic acids is 1. The topological polar surface area (TPSA) is 76.4 Å². The first kappa shape index (κ1) is 11.5. The maximum absolute atomic E-state index is 11.9. The lowest BCUT2D eigenvalue weighted by Crippen LogP contribution is -2.17. The lowest BCUT2D eigenvalue weighted by molar-refractivity contribution is 0.0694. The smallest absolute Gasteiger partial charge is 0.341 e. The second kappa shape index (κ2) is 4.14. The third kappa shape index (κ3) is 1.76. The van der Waals surface area contributed by atoms with Crippen LogP contribution in [0.1, 0.15) is 27.0 Å². The Kier molecular flexibility index (Phi) is 2.81. The molecule has 6 heteroatoms. The first-order chi connectivity index (χ1) is 8.08. The number of hydrogen-bond acceptors (Lipinski definition) is 4. The van der Waals surface area contributed by atoms with Crippen LogP contribution >= 0.6 is 11.3 Å². The molecule has 5 nitrogen and oxygen atoms in total. The van der Waals surface area contributed by atoms with E-state index in [2.05, 4.69) is 0 Å². The van der Waals surface area contributed by atoms with Crippen molar-refractivity contribution in [2.75, 3.05) is 0 Å². The summed E-state index contributed by atoms with van der Waals surface area (Å²) in [5, 5.41) is 9.22. The number of carboxylic acid groups (broad SMARTS) is 1. The summed E-state index contributed by atoms with van der Waals surface area (Å²) in [5.41, 5.74) is -0.809. The Morgan fingerprint density at radius 2 is 2.29 bits per heavy atom. The monoisotopic (exact) mass is 251 g/mol. The summed E-state index contributed by atoms with van der Waals surface area (Å²) in [4.78, 5) is 34.5. The van der Waals surface area contributed by atoms with Crippen LogP contribution in [0, 0.1) is 0 Å². The van der Waals surface area contributed by atoms with Gasteiger partial charge >= 0.3 is 5.97 Å². The zero-order valence-corrected chi connectivity index (χ0v) is 9.78. The van der Waals surface area contributed by atoms with Gasteiger partial charge in [0.1, 0.15) is 10.4 Å². The Bertz CT molecular complexity index is 668. The molecule has 2 heterocycles. The molecule has 2 aromatic rings. The SMILES string of the molecule is CCn1cc(C(=O)O)c(=O)c2cc(C=O)sc21. The molecule has 0 unspecified atom stereocenters. The summed E-state index contributed by atoms with van der Waals surface area (Å²) in [7, 11) is 0. The Balaban J connectivity index is 2.92. The summed E-state index contributed by atoms with van der Waals surface area (Å²) >= 11 is 1.19. The van der Waals surface area contributed by atoms with E-state index < -0.39 is 11.4 Å². The van der Waals surface area contributed by atoms with Gasteiger partial charge in [0.25, 0.3) is 0 Å². The van der Waals surface area contributed by atoms with E-state index in [1.165, 1.54) is 23.6 Å². The van der Waals surface area contributed by atoms with Gasteiger partial charge in [-0.2, -0.15) is 0 Å². The van der Waals surface area contributed by atoms with Crippen LogP contribution in [0.4, 0.5) is 0 Å². The fourth-order valence-corrected chi connectivity index (χ4v) is 2.65. The van der Waals surface area contributed by atoms with Crippen LogP contribution in [-0.4, -0.2) is 21.9 Å². The number of rotatable bonds is 3. The second-order valence-electron chi connectivity index (χ2n) is 3.45. The first-order valence-electron chi connectivity index (χ1n) is 4.94. The summed E-state index contributed by atoms with van der Waals surface area (Å²) < 4.78 is 1.66. The van der Waals surface area contributed by atoms with Crippen molar-refractivity contribution < 1.29 is 14.7 Å². The Hall–Kier alpha value is -1.95. The molecule has 0 aliphatic heterocycles. The minimum atomic E-state index is -1.25. The van der Waals surface area contributed by atoms with Crippen molar-refractivity contribution in [3.05, 3.63) is 32.9 Å². The van der Waals surface area contributed by atoms with E-state index in [0.717, 1.165) is 0 Å². The minimum absolute atomic E-state index is 0.269. The van der Waals surface area contributed by atoms with Crippen LogP contribution in [0.3, 0.4) is 0 Å². The van der Waals surface area contributed by atoms with Crippen LogP contribution in [0.2, 0.25) is 0 Å². The third-order valence-electron chi connectivity index (χ3n) is 2.45. The van der Waals surface area contributed by atoms with Crippen LogP contribution < -0.4 is 5.43 Å². The summed E-state index contributed by atoms with van der Waals surface area (Å²) in [6.45, 7) is 2.38. The number of aryl methyl sites for hydroxylation is 1.